The highest BCUT2D eigenvalue weighted by atomic mass is 32.2. The quantitative estimate of drug-likeness (QED) is 0.823. The molecule has 1 aromatic heterocycles. The predicted molar refractivity (Wildman–Crippen MR) is 80.8 cm³/mol. The van der Waals surface area contributed by atoms with E-state index in [2.05, 4.69) is 5.16 Å². The number of aromatic nitrogens is 1. The van der Waals surface area contributed by atoms with Gasteiger partial charge in [0.2, 0.25) is 10.0 Å². The van der Waals surface area contributed by atoms with Crippen molar-refractivity contribution in [1.82, 2.24) is 9.46 Å². The first kappa shape index (κ1) is 15.5. The highest BCUT2D eigenvalue weighted by molar-refractivity contribution is 7.88. The minimum absolute atomic E-state index is 0.166. The van der Waals surface area contributed by atoms with Crippen molar-refractivity contribution in [2.75, 3.05) is 12.3 Å². The van der Waals surface area contributed by atoms with Crippen LogP contribution in [0.5, 0.6) is 0 Å². The molecule has 1 aromatic carbocycles. The Kier molecular flexibility index (Phi) is 4.64. The summed E-state index contributed by atoms with van der Waals surface area (Å²) in [7, 11) is -3.45. The first-order chi connectivity index (χ1) is 9.90. The second-order valence-electron chi connectivity index (χ2n) is 4.86. The molecule has 0 aliphatic rings. The van der Waals surface area contributed by atoms with Crippen molar-refractivity contribution in [2.24, 2.45) is 0 Å². The summed E-state index contributed by atoms with van der Waals surface area (Å²) < 4.78 is 31.2. The van der Waals surface area contributed by atoms with E-state index >= 15 is 0 Å². The zero-order valence-corrected chi connectivity index (χ0v) is 12.9. The Hall–Kier alpha value is -1.86. The Morgan fingerprint density at radius 2 is 2.10 bits per heavy atom. The number of nitrogens with zero attached hydrogens (tertiary/aromatic N) is 2. The van der Waals surface area contributed by atoms with Crippen molar-refractivity contribution in [3.63, 3.8) is 0 Å². The standard InChI is InChI=1S/C14H19N3O3S/c1-3-17(9-12-5-4-6-13(15)8-12)21(18,19)10-14-7-11(2)20-16-14/h4-8H,3,9-10,15H2,1-2H3. The van der Waals surface area contributed by atoms with Crippen LogP contribution in [-0.2, 0) is 22.3 Å². The van der Waals surface area contributed by atoms with E-state index in [1.807, 2.05) is 12.1 Å². The van der Waals surface area contributed by atoms with Crippen molar-refractivity contribution in [3.05, 3.63) is 47.3 Å². The van der Waals surface area contributed by atoms with E-state index in [1.54, 1.807) is 32.0 Å². The van der Waals surface area contributed by atoms with Gasteiger partial charge in [-0.2, -0.15) is 4.31 Å². The molecule has 6 nitrogen and oxygen atoms in total. The van der Waals surface area contributed by atoms with Crippen LogP contribution in [0.2, 0.25) is 0 Å². The van der Waals surface area contributed by atoms with Crippen LogP contribution in [0.4, 0.5) is 5.69 Å². The molecular formula is C14H19N3O3S. The Morgan fingerprint density at radius 3 is 2.67 bits per heavy atom. The van der Waals surface area contributed by atoms with E-state index in [0.29, 0.717) is 30.2 Å². The van der Waals surface area contributed by atoms with E-state index in [4.69, 9.17) is 10.3 Å². The first-order valence-electron chi connectivity index (χ1n) is 6.65. The van der Waals surface area contributed by atoms with Crippen LogP contribution in [0, 0.1) is 6.92 Å². The second kappa shape index (κ2) is 6.28. The summed E-state index contributed by atoms with van der Waals surface area (Å²) in [6, 6.07) is 8.84. The van der Waals surface area contributed by atoms with Crippen LogP contribution >= 0.6 is 0 Å². The number of sulfonamides is 1. The van der Waals surface area contributed by atoms with Gasteiger partial charge in [0.05, 0.1) is 0 Å². The Morgan fingerprint density at radius 1 is 1.33 bits per heavy atom. The zero-order chi connectivity index (χ0) is 15.5. The fourth-order valence-corrected chi connectivity index (χ4v) is 3.50. The average Bonchev–Trinajstić information content (AvgIpc) is 2.80. The first-order valence-corrected chi connectivity index (χ1v) is 8.26. The number of nitrogens with two attached hydrogens (primary N) is 1. The van der Waals surface area contributed by atoms with Crippen molar-refractivity contribution in [3.8, 4) is 0 Å². The van der Waals surface area contributed by atoms with Crippen molar-refractivity contribution < 1.29 is 12.9 Å². The smallest absolute Gasteiger partial charge is 0.220 e. The molecular weight excluding hydrogens is 290 g/mol. The average molecular weight is 309 g/mol. The minimum Gasteiger partial charge on any atom is -0.399 e. The lowest BCUT2D eigenvalue weighted by molar-refractivity contribution is 0.389. The summed E-state index contributed by atoms with van der Waals surface area (Å²) >= 11 is 0. The molecule has 114 valence electrons. The Labute approximate surface area is 124 Å². The fourth-order valence-electron chi connectivity index (χ4n) is 2.07. The predicted octanol–water partition coefficient (Wildman–Crippen LogP) is 1.92. The number of benzene rings is 1. The van der Waals surface area contributed by atoms with Gasteiger partial charge in [0.1, 0.15) is 17.2 Å². The lowest BCUT2D eigenvalue weighted by Gasteiger charge is -2.20. The minimum atomic E-state index is -3.45. The van der Waals surface area contributed by atoms with E-state index < -0.39 is 10.0 Å². The van der Waals surface area contributed by atoms with Gasteiger partial charge >= 0.3 is 0 Å². The topological polar surface area (TPSA) is 89.4 Å². The third-order valence-electron chi connectivity index (χ3n) is 3.06. The number of rotatable bonds is 6. The SMILES string of the molecule is CCN(Cc1cccc(N)c1)S(=O)(=O)Cc1cc(C)on1. The highest BCUT2D eigenvalue weighted by Crippen LogP contribution is 2.16. The molecule has 21 heavy (non-hydrogen) atoms. The van der Waals surface area contributed by atoms with Crippen LogP contribution in [0.1, 0.15) is 23.9 Å². The van der Waals surface area contributed by atoms with Crippen molar-refractivity contribution in [2.45, 2.75) is 26.1 Å². The number of hydrogen-bond acceptors (Lipinski definition) is 5. The molecule has 0 saturated heterocycles. The number of hydrogen-bond donors (Lipinski definition) is 1. The number of nitrogen functional groups attached to an aromatic ring is 1. The molecule has 0 spiro atoms. The third kappa shape index (κ3) is 4.05. The van der Waals surface area contributed by atoms with Crippen LogP contribution in [0.3, 0.4) is 0 Å². The van der Waals surface area contributed by atoms with E-state index in [0.717, 1.165) is 5.56 Å². The summed E-state index contributed by atoms with van der Waals surface area (Å²) in [5, 5.41) is 3.74. The van der Waals surface area contributed by atoms with Crippen LogP contribution in [0.15, 0.2) is 34.9 Å². The van der Waals surface area contributed by atoms with Crippen molar-refractivity contribution >= 4 is 15.7 Å². The van der Waals surface area contributed by atoms with E-state index in [9.17, 15) is 8.42 Å². The Bertz CT molecular complexity index is 710. The monoisotopic (exact) mass is 309 g/mol. The molecule has 0 bridgehead atoms. The van der Waals surface area contributed by atoms with Gasteiger partial charge in [-0.1, -0.05) is 24.2 Å². The normalized spacial score (nSPS) is 12.0. The van der Waals surface area contributed by atoms with Crippen LogP contribution in [0.25, 0.3) is 0 Å². The molecule has 0 aliphatic heterocycles. The van der Waals surface area contributed by atoms with Crippen LogP contribution < -0.4 is 5.73 Å². The van der Waals surface area contributed by atoms with Gasteiger partial charge < -0.3 is 10.3 Å². The summed E-state index contributed by atoms with van der Waals surface area (Å²) in [5.74, 6) is 0.430. The van der Waals surface area contributed by atoms with E-state index in [-0.39, 0.29) is 5.75 Å². The van der Waals surface area contributed by atoms with Gasteiger partial charge in [-0.25, -0.2) is 8.42 Å². The van der Waals surface area contributed by atoms with Gasteiger partial charge in [-0.15, -0.1) is 0 Å². The maximum atomic E-state index is 12.4. The second-order valence-corrected chi connectivity index (χ2v) is 6.83. The summed E-state index contributed by atoms with van der Waals surface area (Å²) in [5.41, 5.74) is 7.61. The molecule has 0 aliphatic carbocycles. The van der Waals surface area contributed by atoms with Crippen molar-refractivity contribution in [1.29, 1.82) is 0 Å². The van der Waals surface area contributed by atoms with Gasteiger partial charge in [-0.05, 0) is 24.6 Å². The molecule has 2 rings (SSSR count). The molecule has 0 saturated carbocycles. The summed E-state index contributed by atoms with van der Waals surface area (Å²) in [4.78, 5) is 0. The maximum Gasteiger partial charge on any atom is 0.220 e. The molecule has 2 aromatic rings. The lowest BCUT2D eigenvalue weighted by atomic mass is 10.2. The van der Waals surface area contributed by atoms with Crippen LogP contribution in [-0.4, -0.2) is 24.4 Å². The molecule has 7 heteroatoms. The molecule has 0 unspecified atom stereocenters. The molecule has 2 N–H and O–H groups in total. The largest absolute Gasteiger partial charge is 0.399 e. The van der Waals surface area contributed by atoms with Gasteiger partial charge in [0.15, 0.2) is 0 Å². The lowest BCUT2D eigenvalue weighted by Crippen LogP contribution is -2.31. The van der Waals surface area contributed by atoms with Gasteiger partial charge in [0.25, 0.3) is 0 Å². The van der Waals surface area contributed by atoms with Gasteiger partial charge in [-0.3, -0.25) is 0 Å². The summed E-state index contributed by atoms with van der Waals surface area (Å²) in [6.07, 6.45) is 0. The number of anilines is 1. The third-order valence-corrected chi connectivity index (χ3v) is 4.90. The highest BCUT2D eigenvalue weighted by Gasteiger charge is 2.23. The molecule has 0 amide bonds. The molecule has 0 radical (unpaired) electrons. The fraction of sp³-hybridized carbons (Fsp3) is 0.357. The number of aryl methyl sites for hydroxylation is 1. The Balaban J connectivity index is 2.15. The molecule has 1 heterocycles. The van der Waals surface area contributed by atoms with Gasteiger partial charge in [0, 0.05) is 24.8 Å². The molecule has 0 atom stereocenters. The maximum absolute atomic E-state index is 12.4. The van der Waals surface area contributed by atoms with E-state index in [1.165, 1.54) is 4.31 Å². The zero-order valence-electron chi connectivity index (χ0n) is 12.1. The summed E-state index contributed by atoms with van der Waals surface area (Å²) in [6.45, 7) is 4.21. The molecule has 0 fully saturated rings.